The molecule has 6 nitrogen and oxygen atoms in total. The Bertz CT molecular complexity index is 753. The van der Waals surface area contributed by atoms with Crippen LogP contribution in [0.25, 0.3) is 0 Å². The van der Waals surface area contributed by atoms with Crippen molar-refractivity contribution in [2.24, 2.45) is 4.99 Å². The molecule has 0 spiro atoms. The average molecular weight is 367 g/mol. The first-order chi connectivity index (χ1) is 13.2. The standard InChI is InChI=1S/C21H29N5O/c1-17-6-8-18(9-7-17)16-25(3)21(22-2)24-15-19-5-4-10-23-20(19)26-11-13-27-14-12-26/h4-10H,11-16H2,1-3H3,(H,22,24). The van der Waals surface area contributed by atoms with Crippen LogP contribution in [0.15, 0.2) is 47.6 Å². The number of benzene rings is 1. The van der Waals surface area contributed by atoms with Crippen molar-refractivity contribution >= 4 is 11.8 Å². The number of rotatable bonds is 5. The molecule has 1 aliphatic rings. The zero-order valence-corrected chi connectivity index (χ0v) is 16.5. The van der Waals surface area contributed by atoms with Crippen LogP contribution in [0.3, 0.4) is 0 Å². The Labute approximate surface area is 161 Å². The number of morpholine rings is 1. The minimum Gasteiger partial charge on any atom is -0.378 e. The molecule has 6 heteroatoms. The minimum atomic E-state index is 0.686. The average Bonchev–Trinajstić information content (AvgIpc) is 2.71. The van der Waals surface area contributed by atoms with Gasteiger partial charge >= 0.3 is 0 Å². The Morgan fingerprint density at radius 3 is 2.67 bits per heavy atom. The maximum absolute atomic E-state index is 5.46. The van der Waals surface area contributed by atoms with Crippen LogP contribution in [0.4, 0.5) is 5.82 Å². The second kappa shape index (κ2) is 9.37. The number of aliphatic imine (C=N–C) groups is 1. The van der Waals surface area contributed by atoms with E-state index >= 15 is 0 Å². The number of hydrogen-bond donors (Lipinski definition) is 1. The van der Waals surface area contributed by atoms with Gasteiger partial charge in [-0.2, -0.15) is 0 Å². The summed E-state index contributed by atoms with van der Waals surface area (Å²) in [5.41, 5.74) is 3.71. The molecular weight excluding hydrogens is 338 g/mol. The second-order valence-electron chi connectivity index (χ2n) is 6.83. The van der Waals surface area contributed by atoms with E-state index in [-0.39, 0.29) is 0 Å². The zero-order valence-electron chi connectivity index (χ0n) is 16.5. The quantitative estimate of drug-likeness (QED) is 0.650. The van der Waals surface area contributed by atoms with Crippen LogP contribution in [0.1, 0.15) is 16.7 Å². The monoisotopic (exact) mass is 367 g/mol. The SMILES string of the molecule is CN=C(NCc1cccnc1N1CCOCC1)N(C)Cc1ccc(C)cc1. The van der Waals surface area contributed by atoms with E-state index in [1.54, 1.807) is 0 Å². The van der Waals surface area contributed by atoms with Gasteiger partial charge in [-0.15, -0.1) is 0 Å². The number of aryl methyl sites for hydroxylation is 1. The number of aromatic nitrogens is 1. The van der Waals surface area contributed by atoms with Gasteiger partial charge in [0.25, 0.3) is 0 Å². The molecule has 2 heterocycles. The fourth-order valence-electron chi connectivity index (χ4n) is 3.23. The van der Waals surface area contributed by atoms with E-state index in [9.17, 15) is 0 Å². The molecule has 2 aromatic rings. The normalized spacial score (nSPS) is 14.9. The van der Waals surface area contributed by atoms with Crippen molar-refractivity contribution in [2.45, 2.75) is 20.0 Å². The maximum Gasteiger partial charge on any atom is 0.193 e. The number of ether oxygens (including phenoxy) is 1. The lowest BCUT2D eigenvalue weighted by molar-refractivity contribution is 0.122. The summed E-state index contributed by atoms with van der Waals surface area (Å²) < 4.78 is 5.46. The van der Waals surface area contributed by atoms with Gasteiger partial charge in [0.05, 0.1) is 13.2 Å². The van der Waals surface area contributed by atoms with Crippen LogP contribution < -0.4 is 10.2 Å². The molecule has 1 saturated heterocycles. The molecule has 144 valence electrons. The second-order valence-corrected chi connectivity index (χ2v) is 6.83. The Kier molecular flexibility index (Phi) is 6.65. The molecule has 1 N–H and O–H groups in total. The third kappa shape index (κ3) is 5.20. The third-order valence-electron chi connectivity index (χ3n) is 4.73. The van der Waals surface area contributed by atoms with Gasteiger partial charge in [0, 0.05) is 52.0 Å². The van der Waals surface area contributed by atoms with Crippen molar-refractivity contribution in [3.05, 3.63) is 59.3 Å². The number of anilines is 1. The summed E-state index contributed by atoms with van der Waals surface area (Å²) in [7, 11) is 3.88. The Morgan fingerprint density at radius 2 is 1.96 bits per heavy atom. The van der Waals surface area contributed by atoms with Crippen LogP contribution in [-0.2, 0) is 17.8 Å². The van der Waals surface area contributed by atoms with Crippen LogP contribution in [0.2, 0.25) is 0 Å². The highest BCUT2D eigenvalue weighted by molar-refractivity contribution is 5.79. The summed E-state index contributed by atoms with van der Waals surface area (Å²) in [6, 6.07) is 12.7. The smallest absolute Gasteiger partial charge is 0.193 e. The molecule has 0 radical (unpaired) electrons. The maximum atomic E-state index is 5.46. The van der Waals surface area contributed by atoms with E-state index in [1.165, 1.54) is 16.7 Å². The highest BCUT2D eigenvalue weighted by atomic mass is 16.5. The Morgan fingerprint density at radius 1 is 1.22 bits per heavy atom. The van der Waals surface area contributed by atoms with E-state index in [4.69, 9.17) is 4.74 Å². The molecule has 0 bridgehead atoms. The molecule has 27 heavy (non-hydrogen) atoms. The van der Waals surface area contributed by atoms with Gasteiger partial charge in [0.15, 0.2) is 5.96 Å². The molecule has 0 saturated carbocycles. The topological polar surface area (TPSA) is 53.0 Å². The van der Waals surface area contributed by atoms with Crippen molar-refractivity contribution in [2.75, 3.05) is 45.3 Å². The van der Waals surface area contributed by atoms with Gasteiger partial charge in [0.2, 0.25) is 0 Å². The van der Waals surface area contributed by atoms with Gasteiger partial charge < -0.3 is 19.9 Å². The lowest BCUT2D eigenvalue weighted by Crippen LogP contribution is -2.40. The largest absolute Gasteiger partial charge is 0.378 e. The Hall–Kier alpha value is -2.60. The van der Waals surface area contributed by atoms with Crippen LogP contribution in [0, 0.1) is 6.92 Å². The number of nitrogens with zero attached hydrogens (tertiary/aromatic N) is 4. The van der Waals surface area contributed by atoms with Crippen molar-refractivity contribution in [3.8, 4) is 0 Å². The first-order valence-corrected chi connectivity index (χ1v) is 9.41. The molecular formula is C21H29N5O. The summed E-state index contributed by atoms with van der Waals surface area (Å²) >= 11 is 0. The number of hydrogen-bond acceptors (Lipinski definition) is 4. The van der Waals surface area contributed by atoms with Crippen molar-refractivity contribution in [1.82, 2.24) is 15.2 Å². The van der Waals surface area contributed by atoms with Crippen molar-refractivity contribution in [1.29, 1.82) is 0 Å². The summed E-state index contributed by atoms with van der Waals surface area (Å²) in [6.07, 6.45) is 1.85. The van der Waals surface area contributed by atoms with Gasteiger partial charge in [-0.05, 0) is 18.6 Å². The van der Waals surface area contributed by atoms with E-state index in [0.717, 1.165) is 44.6 Å². The minimum absolute atomic E-state index is 0.686. The predicted molar refractivity (Wildman–Crippen MR) is 110 cm³/mol. The first-order valence-electron chi connectivity index (χ1n) is 9.41. The number of guanidine groups is 1. The molecule has 1 aliphatic heterocycles. The van der Waals surface area contributed by atoms with Crippen LogP contribution >= 0.6 is 0 Å². The molecule has 1 aromatic heterocycles. The molecule has 0 atom stereocenters. The summed E-state index contributed by atoms with van der Waals surface area (Å²) in [4.78, 5) is 13.5. The van der Waals surface area contributed by atoms with E-state index in [1.807, 2.05) is 19.3 Å². The highest BCUT2D eigenvalue weighted by Crippen LogP contribution is 2.18. The van der Waals surface area contributed by atoms with Gasteiger partial charge in [0.1, 0.15) is 5.82 Å². The molecule has 0 aliphatic carbocycles. The fraction of sp³-hybridized carbons (Fsp3) is 0.429. The molecule has 1 fully saturated rings. The summed E-state index contributed by atoms with van der Waals surface area (Å²) in [5, 5.41) is 3.47. The Balaban J connectivity index is 1.63. The van der Waals surface area contributed by atoms with Crippen molar-refractivity contribution in [3.63, 3.8) is 0 Å². The lowest BCUT2D eigenvalue weighted by atomic mass is 10.1. The highest BCUT2D eigenvalue weighted by Gasteiger charge is 2.16. The lowest BCUT2D eigenvalue weighted by Gasteiger charge is -2.30. The number of nitrogens with one attached hydrogen (secondary N) is 1. The van der Waals surface area contributed by atoms with Crippen LogP contribution in [-0.4, -0.2) is 56.2 Å². The summed E-state index contributed by atoms with van der Waals surface area (Å²) in [5.74, 6) is 1.90. The molecule has 0 unspecified atom stereocenters. The van der Waals surface area contributed by atoms with Gasteiger partial charge in [-0.1, -0.05) is 35.9 Å². The first kappa shape index (κ1) is 19.2. The molecule has 1 aromatic carbocycles. The third-order valence-corrected chi connectivity index (χ3v) is 4.73. The molecule has 3 rings (SSSR count). The van der Waals surface area contributed by atoms with Gasteiger partial charge in [-0.25, -0.2) is 4.98 Å². The number of pyridine rings is 1. The van der Waals surface area contributed by atoms with Crippen molar-refractivity contribution < 1.29 is 4.74 Å². The van der Waals surface area contributed by atoms with E-state index < -0.39 is 0 Å². The summed E-state index contributed by atoms with van der Waals surface area (Å²) in [6.45, 7) is 6.87. The molecule has 0 amide bonds. The fourth-order valence-corrected chi connectivity index (χ4v) is 3.23. The predicted octanol–water partition coefficient (Wildman–Crippen LogP) is 2.43. The zero-order chi connectivity index (χ0) is 19.1. The van der Waals surface area contributed by atoms with E-state index in [0.29, 0.717) is 6.54 Å². The van der Waals surface area contributed by atoms with Crippen LogP contribution in [0.5, 0.6) is 0 Å². The van der Waals surface area contributed by atoms with Gasteiger partial charge in [-0.3, -0.25) is 4.99 Å². The van der Waals surface area contributed by atoms with E-state index in [2.05, 4.69) is 69.4 Å².